The number of hydrogen-bond donors (Lipinski definition) is 1. The van der Waals surface area contributed by atoms with Crippen molar-refractivity contribution >= 4 is 22.7 Å². The average molecular weight is 343 g/mol. The van der Waals surface area contributed by atoms with Gasteiger partial charge in [0, 0.05) is 24.7 Å². The van der Waals surface area contributed by atoms with Crippen LogP contribution in [0.1, 0.15) is 43.0 Å². The SMILES string of the molecule is Cc1oc2ncn3nc([C@H](C)NC(=O)C4CCOCC4)nc3c2c1C. The lowest BCUT2D eigenvalue weighted by Gasteiger charge is -2.22. The molecular formula is C17H21N5O3. The first-order valence-electron chi connectivity index (χ1n) is 8.53. The number of rotatable bonds is 3. The van der Waals surface area contributed by atoms with Crippen LogP contribution in [0.5, 0.6) is 0 Å². The first kappa shape index (κ1) is 16.0. The van der Waals surface area contributed by atoms with Crippen LogP contribution in [-0.2, 0) is 9.53 Å². The van der Waals surface area contributed by atoms with E-state index in [0.29, 0.717) is 30.4 Å². The summed E-state index contributed by atoms with van der Waals surface area (Å²) in [5.74, 6) is 1.42. The van der Waals surface area contributed by atoms with Crippen molar-refractivity contribution in [3.05, 3.63) is 23.5 Å². The molecule has 3 aromatic rings. The van der Waals surface area contributed by atoms with E-state index in [4.69, 9.17) is 9.15 Å². The summed E-state index contributed by atoms with van der Waals surface area (Å²) in [6, 6.07) is -0.279. The fourth-order valence-corrected chi connectivity index (χ4v) is 3.20. The molecule has 3 aromatic heterocycles. The maximum absolute atomic E-state index is 12.4. The van der Waals surface area contributed by atoms with Crippen molar-refractivity contribution in [1.29, 1.82) is 0 Å². The maximum atomic E-state index is 12.4. The number of furan rings is 1. The Bertz CT molecular complexity index is 939. The topological polar surface area (TPSA) is 94.6 Å². The number of carbonyl (C=O) groups is 1. The lowest BCUT2D eigenvalue weighted by Crippen LogP contribution is -2.36. The molecule has 0 saturated carbocycles. The number of hydrogen-bond acceptors (Lipinski definition) is 6. The fourth-order valence-electron chi connectivity index (χ4n) is 3.20. The third-order valence-corrected chi connectivity index (χ3v) is 4.86. The second-order valence-corrected chi connectivity index (χ2v) is 6.56. The number of aryl methyl sites for hydroxylation is 2. The Morgan fingerprint density at radius 3 is 2.88 bits per heavy atom. The van der Waals surface area contributed by atoms with E-state index in [-0.39, 0.29) is 17.9 Å². The van der Waals surface area contributed by atoms with Gasteiger partial charge < -0.3 is 14.5 Å². The van der Waals surface area contributed by atoms with Gasteiger partial charge in [-0.3, -0.25) is 4.79 Å². The van der Waals surface area contributed by atoms with Crippen molar-refractivity contribution in [2.75, 3.05) is 13.2 Å². The van der Waals surface area contributed by atoms with Crippen LogP contribution in [0.4, 0.5) is 0 Å². The van der Waals surface area contributed by atoms with E-state index in [9.17, 15) is 4.79 Å². The first-order valence-corrected chi connectivity index (χ1v) is 8.53. The molecule has 1 amide bonds. The van der Waals surface area contributed by atoms with Gasteiger partial charge >= 0.3 is 0 Å². The van der Waals surface area contributed by atoms with Gasteiger partial charge in [0.15, 0.2) is 11.5 Å². The third kappa shape index (κ3) is 2.76. The van der Waals surface area contributed by atoms with Crippen LogP contribution in [0, 0.1) is 19.8 Å². The summed E-state index contributed by atoms with van der Waals surface area (Å²) in [4.78, 5) is 21.3. The number of ether oxygens (including phenoxy) is 1. The number of aromatic nitrogens is 4. The Morgan fingerprint density at radius 2 is 2.12 bits per heavy atom. The maximum Gasteiger partial charge on any atom is 0.231 e. The first-order chi connectivity index (χ1) is 12.0. The molecule has 1 N–H and O–H groups in total. The molecule has 0 aromatic carbocycles. The molecule has 25 heavy (non-hydrogen) atoms. The van der Waals surface area contributed by atoms with Gasteiger partial charge in [-0.05, 0) is 33.6 Å². The lowest BCUT2D eigenvalue weighted by molar-refractivity contribution is -0.128. The zero-order valence-corrected chi connectivity index (χ0v) is 14.6. The van der Waals surface area contributed by atoms with Gasteiger partial charge in [0.05, 0.1) is 11.4 Å². The van der Waals surface area contributed by atoms with Gasteiger partial charge in [-0.2, -0.15) is 0 Å². The van der Waals surface area contributed by atoms with E-state index < -0.39 is 0 Å². The number of amides is 1. The van der Waals surface area contributed by atoms with Gasteiger partial charge in [-0.1, -0.05) is 0 Å². The summed E-state index contributed by atoms with van der Waals surface area (Å²) >= 11 is 0. The van der Waals surface area contributed by atoms with Crippen LogP contribution in [-0.4, -0.2) is 38.7 Å². The van der Waals surface area contributed by atoms with Gasteiger partial charge in [-0.25, -0.2) is 14.5 Å². The highest BCUT2D eigenvalue weighted by Crippen LogP contribution is 2.26. The number of nitrogens with zero attached hydrogens (tertiary/aromatic N) is 4. The van der Waals surface area contributed by atoms with E-state index >= 15 is 0 Å². The predicted molar refractivity (Wildman–Crippen MR) is 90.1 cm³/mol. The summed E-state index contributed by atoms with van der Waals surface area (Å²) < 4.78 is 12.6. The standard InChI is InChI=1S/C17H21N5O3/c1-9-11(3)25-17-13(9)15-20-14(21-22(15)8-18-17)10(2)19-16(23)12-4-6-24-7-5-12/h8,10,12H,4-7H2,1-3H3,(H,19,23)/t10-/m0/s1. The molecule has 4 heterocycles. The van der Waals surface area contributed by atoms with E-state index in [0.717, 1.165) is 29.6 Å². The number of nitrogens with one attached hydrogen (secondary N) is 1. The zero-order valence-electron chi connectivity index (χ0n) is 14.6. The van der Waals surface area contributed by atoms with Crippen molar-refractivity contribution < 1.29 is 13.9 Å². The molecule has 1 aliphatic heterocycles. The summed E-state index contributed by atoms with van der Waals surface area (Å²) in [6.45, 7) is 7.06. The molecule has 0 spiro atoms. The van der Waals surface area contributed by atoms with E-state index in [1.54, 1.807) is 10.8 Å². The Kier molecular flexibility index (Phi) is 3.91. The molecule has 8 heteroatoms. The highest BCUT2D eigenvalue weighted by Gasteiger charge is 2.25. The quantitative estimate of drug-likeness (QED) is 0.782. The molecule has 0 bridgehead atoms. The molecular weight excluding hydrogens is 322 g/mol. The van der Waals surface area contributed by atoms with Crippen LogP contribution >= 0.6 is 0 Å². The Labute approximate surface area is 144 Å². The minimum atomic E-state index is -0.279. The molecule has 0 unspecified atom stereocenters. The molecule has 4 rings (SSSR count). The van der Waals surface area contributed by atoms with Gasteiger partial charge in [0.1, 0.15) is 12.1 Å². The van der Waals surface area contributed by atoms with E-state index in [1.165, 1.54) is 0 Å². The predicted octanol–water partition coefficient (Wildman–Crippen LogP) is 2.09. The molecule has 8 nitrogen and oxygen atoms in total. The molecule has 0 aliphatic carbocycles. The molecule has 1 atom stereocenters. The van der Waals surface area contributed by atoms with Crippen molar-refractivity contribution in [1.82, 2.24) is 24.9 Å². The second kappa shape index (κ2) is 6.11. The third-order valence-electron chi connectivity index (χ3n) is 4.86. The van der Waals surface area contributed by atoms with E-state index in [1.807, 2.05) is 20.8 Å². The van der Waals surface area contributed by atoms with E-state index in [2.05, 4.69) is 20.4 Å². The van der Waals surface area contributed by atoms with Crippen LogP contribution in [0.25, 0.3) is 16.7 Å². The molecule has 1 aliphatic rings. The Morgan fingerprint density at radius 1 is 1.36 bits per heavy atom. The summed E-state index contributed by atoms with van der Waals surface area (Å²) in [5.41, 5.74) is 2.26. The molecule has 132 valence electrons. The second-order valence-electron chi connectivity index (χ2n) is 6.56. The Balaban J connectivity index is 1.62. The van der Waals surface area contributed by atoms with Gasteiger partial charge in [0.25, 0.3) is 0 Å². The minimum absolute atomic E-state index is 0.000345. The lowest BCUT2D eigenvalue weighted by atomic mass is 9.99. The van der Waals surface area contributed by atoms with Crippen LogP contribution in [0.15, 0.2) is 10.7 Å². The molecule has 1 saturated heterocycles. The highest BCUT2D eigenvalue weighted by atomic mass is 16.5. The highest BCUT2D eigenvalue weighted by molar-refractivity contribution is 5.91. The normalized spacial score (nSPS) is 17.2. The van der Waals surface area contributed by atoms with Crippen LogP contribution in [0.2, 0.25) is 0 Å². The van der Waals surface area contributed by atoms with Crippen molar-refractivity contribution in [3.8, 4) is 0 Å². The van der Waals surface area contributed by atoms with Crippen molar-refractivity contribution in [3.63, 3.8) is 0 Å². The summed E-state index contributed by atoms with van der Waals surface area (Å²) in [6.07, 6.45) is 3.11. The van der Waals surface area contributed by atoms with Gasteiger partial charge in [0.2, 0.25) is 11.6 Å². The Hall–Kier alpha value is -2.48. The molecule has 0 radical (unpaired) electrons. The van der Waals surface area contributed by atoms with Crippen molar-refractivity contribution in [2.24, 2.45) is 5.92 Å². The van der Waals surface area contributed by atoms with Crippen molar-refractivity contribution in [2.45, 2.75) is 39.7 Å². The zero-order chi connectivity index (χ0) is 17.6. The summed E-state index contributed by atoms with van der Waals surface area (Å²) in [5, 5.41) is 8.35. The number of carbonyl (C=O) groups excluding carboxylic acids is 1. The fraction of sp³-hybridized carbons (Fsp3) is 0.529. The minimum Gasteiger partial charge on any atom is -0.443 e. The molecule has 1 fully saturated rings. The largest absolute Gasteiger partial charge is 0.443 e. The smallest absolute Gasteiger partial charge is 0.231 e. The average Bonchev–Trinajstić information content (AvgIpc) is 3.17. The van der Waals surface area contributed by atoms with Crippen LogP contribution in [0.3, 0.4) is 0 Å². The van der Waals surface area contributed by atoms with Gasteiger partial charge in [-0.15, -0.1) is 5.10 Å². The number of fused-ring (bicyclic) bond motifs is 3. The monoisotopic (exact) mass is 343 g/mol. The summed E-state index contributed by atoms with van der Waals surface area (Å²) in [7, 11) is 0. The van der Waals surface area contributed by atoms with Crippen LogP contribution < -0.4 is 5.32 Å².